The van der Waals surface area contributed by atoms with Crippen LogP contribution in [0.3, 0.4) is 0 Å². The van der Waals surface area contributed by atoms with E-state index in [9.17, 15) is 4.39 Å². The smallest absolute Gasteiger partial charge is 0.124 e. The number of halogens is 2. The Bertz CT molecular complexity index is 512. The van der Waals surface area contributed by atoms with E-state index in [1.54, 1.807) is 0 Å². The minimum absolute atomic E-state index is 0.225. The standard InChI is InChI=1S/C17H24ClFN2/c1-12(2)16-10-20-17(7-3-4-8-17)11-21(16)15-6-5-13(19)9-14(15)18/h5-6,9,12,16,20H,3-4,7-8,10-11H2,1-2H3. The zero-order valence-corrected chi connectivity index (χ0v) is 13.6. The van der Waals surface area contributed by atoms with Crippen LogP contribution in [-0.2, 0) is 0 Å². The Morgan fingerprint density at radius 3 is 2.67 bits per heavy atom. The summed E-state index contributed by atoms with van der Waals surface area (Å²) in [5.74, 6) is 0.257. The third kappa shape index (κ3) is 2.91. The van der Waals surface area contributed by atoms with Crippen molar-refractivity contribution in [3.63, 3.8) is 0 Å². The van der Waals surface area contributed by atoms with E-state index in [1.165, 1.54) is 37.8 Å². The van der Waals surface area contributed by atoms with E-state index < -0.39 is 0 Å². The van der Waals surface area contributed by atoms with Crippen LogP contribution in [0, 0.1) is 11.7 Å². The normalized spacial score (nSPS) is 25.0. The number of benzene rings is 1. The number of piperazine rings is 1. The van der Waals surface area contributed by atoms with Crippen molar-refractivity contribution >= 4 is 17.3 Å². The summed E-state index contributed by atoms with van der Waals surface area (Å²) < 4.78 is 13.3. The average molecular weight is 311 g/mol. The Balaban J connectivity index is 1.93. The fourth-order valence-electron chi connectivity index (χ4n) is 3.89. The fourth-order valence-corrected chi connectivity index (χ4v) is 4.17. The van der Waals surface area contributed by atoms with Gasteiger partial charge in [-0.15, -0.1) is 0 Å². The third-order valence-corrected chi connectivity index (χ3v) is 5.41. The van der Waals surface area contributed by atoms with Crippen molar-refractivity contribution in [1.29, 1.82) is 0 Å². The molecule has 1 unspecified atom stereocenters. The molecule has 1 aliphatic heterocycles. The molecule has 2 aliphatic rings. The molecule has 0 radical (unpaired) electrons. The van der Waals surface area contributed by atoms with Gasteiger partial charge in [0.2, 0.25) is 0 Å². The first-order valence-electron chi connectivity index (χ1n) is 7.97. The molecule has 1 atom stereocenters. The predicted molar refractivity (Wildman–Crippen MR) is 86.6 cm³/mol. The Hall–Kier alpha value is -0.800. The van der Waals surface area contributed by atoms with E-state index in [2.05, 4.69) is 24.1 Å². The van der Waals surface area contributed by atoms with E-state index in [0.717, 1.165) is 18.8 Å². The van der Waals surface area contributed by atoms with Gasteiger partial charge in [-0.05, 0) is 37.0 Å². The largest absolute Gasteiger partial charge is 0.364 e. The monoisotopic (exact) mass is 310 g/mol. The number of hydrogen-bond donors (Lipinski definition) is 1. The fraction of sp³-hybridized carbons (Fsp3) is 0.647. The maximum absolute atomic E-state index is 13.3. The minimum atomic E-state index is -0.268. The lowest BCUT2D eigenvalue weighted by Crippen LogP contribution is -2.64. The van der Waals surface area contributed by atoms with Crippen LogP contribution in [0.2, 0.25) is 5.02 Å². The molecule has 1 aromatic carbocycles. The summed E-state index contributed by atoms with van der Waals surface area (Å²) in [6.07, 6.45) is 5.05. The second-order valence-corrected chi connectivity index (χ2v) is 7.31. The van der Waals surface area contributed by atoms with Gasteiger partial charge < -0.3 is 10.2 Å². The highest BCUT2D eigenvalue weighted by Crippen LogP contribution is 2.38. The minimum Gasteiger partial charge on any atom is -0.364 e. The lowest BCUT2D eigenvalue weighted by Gasteiger charge is -2.49. The summed E-state index contributed by atoms with van der Waals surface area (Å²) >= 11 is 6.33. The molecule has 0 bridgehead atoms. The van der Waals surface area contributed by atoms with E-state index in [0.29, 0.717) is 17.0 Å². The Kier molecular flexibility index (Phi) is 4.15. The quantitative estimate of drug-likeness (QED) is 0.879. The molecule has 1 heterocycles. The van der Waals surface area contributed by atoms with Crippen molar-refractivity contribution in [3.05, 3.63) is 29.0 Å². The zero-order chi connectivity index (χ0) is 15.0. The van der Waals surface area contributed by atoms with Gasteiger partial charge in [0.15, 0.2) is 0 Å². The molecule has 2 fully saturated rings. The van der Waals surface area contributed by atoms with Gasteiger partial charge in [0.25, 0.3) is 0 Å². The van der Waals surface area contributed by atoms with Crippen LogP contribution in [-0.4, -0.2) is 24.7 Å². The van der Waals surface area contributed by atoms with Gasteiger partial charge in [-0.25, -0.2) is 4.39 Å². The van der Waals surface area contributed by atoms with Gasteiger partial charge in [0, 0.05) is 24.7 Å². The Morgan fingerprint density at radius 1 is 1.33 bits per heavy atom. The summed E-state index contributed by atoms with van der Waals surface area (Å²) in [6.45, 7) is 6.43. The number of nitrogens with one attached hydrogen (secondary N) is 1. The molecule has 1 saturated heterocycles. The van der Waals surface area contributed by atoms with Crippen LogP contribution in [0.15, 0.2) is 18.2 Å². The van der Waals surface area contributed by atoms with Crippen molar-refractivity contribution in [2.75, 3.05) is 18.0 Å². The first-order valence-corrected chi connectivity index (χ1v) is 8.35. The van der Waals surface area contributed by atoms with Gasteiger partial charge >= 0.3 is 0 Å². The van der Waals surface area contributed by atoms with Crippen LogP contribution < -0.4 is 10.2 Å². The molecule has 1 saturated carbocycles. The lowest BCUT2D eigenvalue weighted by molar-refractivity contribution is 0.245. The molecule has 1 aromatic rings. The second kappa shape index (κ2) is 5.77. The van der Waals surface area contributed by atoms with Crippen molar-refractivity contribution in [2.45, 2.75) is 51.1 Å². The zero-order valence-electron chi connectivity index (χ0n) is 12.8. The number of anilines is 1. The summed E-state index contributed by atoms with van der Waals surface area (Å²) in [5.41, 5.74) is 1.20. The van der Waals surface area contributed by atoms with Gasteiger partial charge in [-0.1, -0.05) is 38.3 Å². The van der Waals surface area contributed by atoms with Crippen molar-refractivity contribution in [2.24, 2.45) is 5.92 Å². The maximum atomic E-state index is 13.3. The van der Waals surface area contributed by atoms with Crippen molar-refractivity contribution < 1.29 is 4.39 Å². The second-order valence-electron chi connectivity index (χ2n) is 6.90. The maximum Gasteiger partial charge on any atom is 0.124 e. The van der Waals surface area contributed by atoms with E-state index in [1.807, 2.05) is 6.07 Å². The molecule has 0 aromatic heterocycles. The van der Waals surface area contributed by atoms with Gasteiger partial charge in [-0.2, -0.15) is 0 Å². The summed E-state index contributed by atoms with van der Waals surface area (Å²) in [6, 6.07) is 5.18. The molecular formula is C17H24ClFN2. The molecule has 21 heavy (non-hydrogen) atoms. The molecule has 3 rings (SSSR count). The number of nitrogens with zero attached hydrogens (tertiary/aromatic N) is 1. The molecule has 0 amide bonds. The Labute approximate surface area is 131 Å². The van der Waals surface area contributed by atoms with Gasteiger partial charge in [0.05, 0.1) is 10.7 Å². The van der Waals surface area contributed by atoms with Crippen LogP contribution >= 0.6 is 11.6 Å². The molecule has 116 valence electrons. The van der Waals surface area contributed by atoms with Crippen LogP contribution in [0.5, 0.6) is 0 Å². The van der Waals surface area contributed by atoms with Crippen LogP contribution in [0.1, 0.15) is 39.5 Å². The molecule has 4 heteroatoms. The molecule has 1 spiro atoms. The van der Waals surface area contributed by atoms with E-state index in [-0.39, 0.29) is 11.4 Å². The van der Waals surface area contributed by atoms with Crippen LogP contribution in [0.25, 0.3) is 0 Å². The van der Waals surface area contributed by atoms with E-state index in [4.69, 9.17) is 11.6 Å². The molecular weight excluding hydrogens is 287 g/mol. The topological polar surface area (TPSA) is 15.3 Å². The molecule has 2 nitrogen and oxygen atoms in total. The highest BCUT2D eigenvalue weighted by atomic mass is 35.5. The average Bonchev–Trinajstić information content (AvgIpc) is 2.86. The predicted octanol–water partition coefficient (Wildman–Crippen LogP) is 4.23. The SMILES string of the molecule is CC(C)C1CNC2(CCCC2)CN1c1ccc(F)cc1Cl. The molecule has 1 aliphatic carbocycles. The lowest BCUT2D eigenvalue weighted by atomic mass is 9.88. The number of rotatable bonds is 2. The van der Waals surface area contributed by atoms with E-state index >= 15 is 0 Å². The summed E-state index contributed by atoms with van der Waals surface area (Å²) in [4.78, 5) is 2.41. The highest BCUT2D eigenvalue weighted by molar-refractivity contribution is 6.33. The first-order chi connectivity index (χ1) is 10.0. The first kappa shape index (κ1) is 15.1. The highest BCUT2D eigenvalue weighted by Gasteiger charge is 2.42. The summed E-state index contributed by atoms with van der Waals surface area (Å²) in [7, 11) is 0. The third-order valence-electron chi connectivity index (χ3n) is 5.11. The van der Waals surface area contributed by atoms with Crippen LogP contribution in [0.4, 0.5) is 10.1 Å². The van der Waals surface area contributed by atoms with Crippen molar-refractivity contribution in [1.82, 2.24) is 5.32 Å². The van der Waals surface area contributed by atoms with Gasteiger partial charge in [-0.3, -0.25) is 0 Å². The summed E-state index contributed by atoms with van der Waals surface area (Å²) in [5, 5.41) is 4.32. The van der Waals surface area contributed by atoms with Gasteiger partial charge in [0.1, 0.15) is 5.82 Å². The Morgan fingerprint density at radius 2 is 2.05 bits per heavy atom. The van der Waals surface area contributed by atoms with Crippen molar-refractivity contribution in [3.8, 4) is 0 Å². The number of hydrogen-bond acceptors (Lipinski definition) is 2. The molecule has 1 N–H and O–H groups in total.